The first-order chi connectivity index (χ1) is 8.94. The third kappa shape index (κ3) is 6.56. The van der Waals surface area contributed by atoms with Gasteiger partial charge in [-0.15, -0.1) is 0 Å². The summed E-state index contributed by atoms with van der Waals surface area (Å²) in [5.74, 6) is 0.681. The molecule has 1 aromatic rings. The Kier molecular flexibility index (Phi) is 6.27. The molecule has 0 aromatic heterocycles. The fourth-order valence-corrected chi connectivity index (χ4v) is 2.11. The van der Waals surface area contributed by atoms with Gasteiger partial charge in [-0.2, -0.15) is 0 Å². The van der Waals surface area contributed by atoms with Crippen molar-refractivity contribution in [2.75, 3.05) is 26.4 Å². The molecule has 0 radical (unpaired) electrons. The Morgan fingerprint density at radius 3 is 1.79 bits per heavy atom. The molecule has 1 aromatic carbocycles. The third-order valence-corrected chi connectivity index (χ3v) is 2.83. The maximum absolute atomic E-state index is 11.0. The lowest BCUT2D eigenvalue weighted by Crippen LogP contribution is -2.05. The van der Waals surface area contributed by atoms with Crippen molar-refractivity contribution in [2.24, 2.45) is 0 Å². The highest BCUT2D eigenvalue weighted by Crippen LogP contribution is 2.40. The molecular formula is C11H17O7P. The number of benzene rings is 1. The van der Waals surface area contributed by atoms with Crippen molar-refractivity contribution in [1.29, 1.82) is 0 Å². The first-order valence-corrected chi connectivity index (χ1v) is 7.40. The molecule has 4 N–H and O–H groups in total. The SMILES string of the molecule is O=P(O)(O)Cc1cc(OCCO)cc(OCCO)c1. The molecular weight excluding hydrogens is 275 g/mol. The van der Waals surface area contributed by atoms with Crippen LogP contribution < -0.4 is 9.47 Å². The molecule has 0 atom stereocenters. The van der Waals surface area contributed by atoms with E-state index in [4.69, 9.17) is 29.5 Å². The zero-order valence-electron chi connectivity index (χ0n) is 10.2. The van der Waals surface area contributed by atoms with E-state index in [2.05, 4.69) is 0 Å². The van der Waals surface area contributed by atoms with Crippen molar-refractivity contribution in [1.82, 2.24) is 0 Å². The molecule has 0 heterocycles. The maximum atomic E-state index is 11.0. The summed E-state index contributed by atoms with van der Waals surface area (Å²) in [5, 5.41) is 17.4. The van der Waals surface area contributed by atoms with Crippen LogP contribution in [0, 0.1) is 0 Å². The summed E-state index contributed by atoms with van der Waals surface area (Å²) >= 11 is 0. The van der Waals surface area contributed by atoms with Crippen molar-refractivity contribution in [2.45, 2.75) is 6.16 Å². The number of aliphatic hydroxyl groups is 2. The zero-order chi connectivity index (χ0) is 14.3. The maximum Gasteiger partial charge on any atom is 0.329 e. The van der Waals surface area contributed by atoms with Gasteiger partial charge in [0.25, 0.3) is 0 Å². The van der Waals surface area contributed by atoms with E-state index in [0.29, 0.717) is 17.1 Å². The van der Waals surface area contributed by atoms with Crippen LogP contribution in [0.15, 0.2) is 18.2 Å². The summed E-state index contributed by atoms with van der Waals surface area (Å²) in [4.78, 5) is 17.9. The van der Waals surface area contributed by atoms with E-state index in [1.165, 1.54) is 18.2 Å². The van der Waals surface area contributed by atoms with Gasteiger partial charge in [0.15, 0.2) is 0 Å². The molecule has 0 aliphatic carbocycles. The van der Waals surface area contributed by atoms with E-state index in [0.717, 1.165) is 0 Å². The normalized spacial score (nSPS) is 11.4. The third-order valence-electron chi connectivity index (χ3n) is 2.05. The smallest absolute Gasteiger partial charge is 0.329 e. The van der Waals surface area contributed by atoms with Crippen LogP contribution in [0.5, 0.6) is 11.5 Å². The molecule has 108 valence electrons. The second-order valence-electron chi connectivity index (χ2n) is 3.78. The lowest BCUT2D eigenvalue weighted by atomic mass is 10.2. The quantitative estimate of drug-likeness (QED) is 0.502. The molecule has 0 bridgehead atoms. The van der Waals surface area contributed by atoms with Crippen molar-refractivity contribution in [3.05, 3.63) is 23.8 Å². The molecule has 0 fully saturated rings. The lowest BCUT2D eigenvalue weighted by molar-refractivity contribution is 0.194. The van der Waals surface area contributed by atoms with Gasteiger partial charge in [0, 0.05) is 6.07 Å². The zero-order valence-corrected chi connectivity index (χ0v) is 11.1. The number of ether oxygens (including phenoxy) is 2. The van der Waals surface area contributed by atoms with Gasteiger partial charge in [-0.1, -0.05) is 0 Å². The summed E-state index contributed by atoms with van der Waals surface area (Å²) in [6.45, 7) is -0.206. The fraction of sp³-hybridized carbons (Fsp3) is 0.455. The predicted octanol–water partition coefficient (Wildman–Crippen LogP) is 0.106. The van der Waals surface area contributed by atoms with Crippen LogP contribution in [0.2, 0.25) is 0 Å². The van der Waals surface area contributed by atoms with Gasteiger partial charge in [-0.3, -0.25) is 4.57 Å². The Labute approximate surface area is 110 Å². The van der Waals surface area contributed by atoms with Gasteiger partial charge in [0.2, 0.25) is 0 Å². The summed E-state index contributed by atoms with van der Waals surface area (Å²) in [6, 6.07) is 4.47. The van der Waals surface area contributed by atoms with Crippen molar-refractivity contribution >= 4 is 7.60 Å². The molecule has 1 rings (SSSR count). The van der Waals surface area contributed by atoms with Crippen LogP contribution in [0.4, 0.5) is 0 Å². The highest BCUT2D eigenvalue weighted by molar-refractivity contribution is 7.50. The molecule has 0 aliphatic rings. The van der Waals surface area contributed by atoms with E-state index in [9.17, 15) is 4.57 Å². The molecule has 0 saturated heterocycles. The van der Waals surface area contributed by atoms with E-state index >= 15 is 0 Å². The van der Waals surface area contributed by atoms with Crippen LogP contribution in [0.25, 0.3) is 0 Å². The van der Waals surface area contributed by atoms with Crippen LogP contribution in [0.3, 0.4) is 0 Å². The molecule has 0 spiro atoms. The minimum absolute atomic E-state index is 0.0683. The number of hydrogen-bond acceptors (Lipinski definition) is 5. The van der Waals surface area contributed by atoms with Crippen molar-refractivity contribution < 1.29 is 34.0 Å². The van der Waals surface area contributed by atoms with Gasteiger partial charge in [-0.25, -0.2) is 0 Å². The molecule has 0 amide bonds. The Morgan fingerprint density at radius 1 is 0.947 bits per heavy atom. The standard InChI is InChI=1S/C11H17O7P/c12-1-3-17-10-5-9(8-19(14,15)16)6-11(7-10)18-4-2-13/h5-7,12-13H,1-4,8H2,(H2,14,15,16). The van der Waals surface area contributed by atoms with Crippen molar-refractivity contribution in [3.8, 4) is 11.5 Å². The number of aliphatic hydroxyl groups excluding tert-OH is 2. The van der Waals surface area contributed by atoms with Gasteiger partial charge in [0.05, 0.1) is 19.4 Å². The second kappa shape index (κ2) is 7.47. The predicted molar refractivity (Wildman–Crippen MR) is 67.4 cm³/mol. The highest BCUT2D eigenvalue weighted by atomic mass is 31.2. The number of rotatable bonds is 8. The molecule has 0 saturated carbocycles. The Bertz CT molecular complexity index is 416. The van der Waals surface area contributed by atoms with Gasteiger partial charge in [0.1, 0.15) is 24.7 Å². The summed E-state index contributed by atoms with van der Waals surface area (Å²) in [7, 11) is -4.19. The second-order valence-corrected chi connectivity index (χ2v) is 5.43. The van der Waals surface area contributed by atoms with Crippen LogP contribution in [-0.4, -0.2) is 46.4 Å². The average Bonchev–Trinajstić information content (AvgIpc) is 2.31. The molecule has 8 heteroatoms. The Morgan fingerprint density at radius 2 is 1.42 bits per heavy atom. The topological polar surface area (TPSA) is 116 Å². The minimum Gasteiger partial charge on any atom is -0.491 e. The molecule has 7 nitrogen and oxygen atoms in total. The fourth-order valence-electron chi connectivity index (χ4n) is 1.45. The van der Waals surface area contributed by atoms with Gasteiger partial charge < -0.3 is 29.5 Å². The van der Waals surface area contributed by atoms with E-state index in [1.807, 2.05) is 0 Å². The molecule has 0 unspecified atom stereocenters. The molecule has 19 heavy (non-hydrogen) atoms. The summed E-state index contributed by atoms with van der Waals surface area (Å²) < 4.78 is 21.4. The van der Waals surface area contributed by atoms with E-state index < -0.39 is 13.8 Å². The first-order valence-electron chi connectivity index (χ1n) is 5.60. The monoisotopic (exact) mass is 292 g/mol. The first kappa shape index (κ1) is 15.9. The Hall–Kier alpha value is -1.11. The lowest BCUT2D eigenvalue weighted by Gasteiger charge is -2.12. The summed E-state index contributed by atoms with van der Waals surface area (Å²) in [5.41, 5.74) is 0.358. The summed E-state index contributed by atoms with van der Waals surface area (Å²) in [6.07, 6.45) is -0.432. The van der Waals surface area contributed by atoms with Gasteiger partial charge >= 0.3 is 7.60 Å². The van der Waals surface area contributed by atoms with Crippen LogP contribution in [0.1, 0.15) is 5.56 Å². The average molecular weight is 292 g/mol. The number of hydrogen-bond donors (Lipinski definition) is 4. The van der Waals surface area contributed by atoms with E-state index in [-0.39, 0.29) is 26.4 Å². The minimum atomic E-state index is -4.19. The van der Waals surface area contributed by atoms with E-state index in [1.54, 1.807) is 0 Å². The largest absolute Gasteiger partial charge is 0.491 e. The molecule has 0 aliphatic heterocycles. The highest BCUT2D eigenvalue weighted by Gasteiger charge is 2.15. The van der Waals surface area contributed by atoms with Crippen molar-refractivity contribution in [3.63, 3.8) is 0 Å². The van der Waals surface area contributed by atoms with Crippen LogP contribution in [-0.2, 0) is 10.7 Å². The van der Waals surface area contributed by atoms with Crippen LogP contribution >= 0.6 is 7.60 Å². The Balaban J connectivity index is 2.91. The van der Waals surface area contributed by atoms with Gasteiger partial charge in [-0.05, 0) is 17.7 Å².